The standard InChI is InChI=1S/C22H16N2O4/c25-22-20(19-6-1-2-7-21(19)23-22)13-15-8-10-18(11-9-15)28-14-16-4-3-5-17(12-16)24(26)27/h1-13H,14H2,(H,23,25)/b20-13-. The predicted molar refractivity (Wildman–Crippen MR) is 107 cm³/mol. The van der Waals surface area contributed by atoms with Crippen LogP contribution in [0.3, 0.4) is 0 Å². The molecule has 1 N–H and O–H groups in total. The van der Waals surface area contributed by atoms with Crippen molar-refractivity contribution < 1.29 is 14.5 Å². The van der Waals surface area contributed by atoms with Gasteiger partial charge in [-0.05, 0) is 35.4 Å². The molecule has 0 saturated heterocycles. The molecular weight excluding hydrogens is 356 g/mol. The number of nitrogens with zero attached hydrogens (tertiary/aromatic N) is 1. The zero-order chi connectivity index (χ0) is 19.5. The van der Waals surface area contributed by atoms with Crippen molar-refractivity contribution in [3.8, 4) is 5.75 Å². The summed E-state index contributed by atoms with van der Waals surface area (Å²) in [4.78, 5) is 22.6. The van der Waals surface area contributed by atoms with Crippen LogP contribution < -0.4 is 10.1 Å². The lowest BCUT2D eigenvalue weighted by molar-refractivity contribution is -0.384. The first-order valence-corrected chi connectivity index (χ1v) is 8.69. The minimum Gasteiger partial charge on any atom is -0.489 e. The molecule has 0 radical (unpaired) electrons. The van der Waals surface area contributed by atoms with Gasteiger partial charge in [0, 0.05) is 29.0 Å². The van der Waals surface area contributed by atoms with Crippen molar-refractivity contribution in [3.63, 3.8) is 0 Å². The van der Waals surface area contributed by atoms with Gasteiger partial charge in [-0.1, -0.05) is 42.5 Å². The highest BCUT2D eigenvalue weighted by molar-refractivity contribution is 6.34. The van der Waals surface area contributed by atoms with Crippen LogP contribution in [0.15, 0.2) is 72.8 Å². The Morgan fingerprint density at radius 1 is 1.00 bits per heavy atom. The van der Waals surface area contributed by atoms with Crippen LogP contribution in [0.25, 0.3) is 11.6 Å². The number of carbonyl (C=O) groups excluding carboxylic acids is 1. The topological polar surface area (TPSA) is 81.5 Å². The second-order valence-corrected chi connectivity index (χ2v) is 6.34. The van der Waals surface area contributed by atoms with Crippen molar-refractivity contribution >= 4 is 28.9 Å². The van der Waals surface area contributed by atoms with Gasteiger partial charge in [-0.2, -0.15) is 0 Å². The summed E-state index contributed by atoms with van der Waals surface area (Å²) in [6.07, 6.45) is 1.84. The van der Waals surface area contributed by atoms with Gasteiger partial charge < -0.3 is 10.1 Å². The fourth-order valence-electron chi connectivity index (χ4n) is 3.04. The summed E-state index contributed by atoms with van der Waals surface area (Å²) < 4.78 is 5.71. The summed E-state index contributed by atoms with van der Waals surface area (Å²) in [6, 6.07) is 21.3. The minimum absolute atomic E-state index is 0.0400. The molecule has 0 spiro atoms. The van der Waals surface area contributed by atoms with Crippen molar-refractivity contribution in [3.05, 3.63) is 99.6 Å². The monoisotopic (exact) mass is 372 g/mol. The zero-order valence-electron chi connectivity index (χ0n) is 14.8. The first kappa shape index (κ1) is 17.5. The molecule has 0 bridgehead atoms. The predicted octanol–water partition coefficient (Wildman–Crippen LogP) is 4.67. The van der Waals surface area contributed by atoms with Gasteiger partial charge in [0.2, 0.25) is 0 Å². The second kappa shape index (κ2) is 7.36. The minimum atomic E-state index is -0.427. The fraction of sp³-hybridized carbons (Fsp3) is 0.0455. The van der Waals surface area contributed by atoms with Crippen LogP contribution >= 0.6 is 0 Å². The number of nitro groups is 1. The molecule has 1 aliphatic rings. The summed E-state index contributed by atoms with van der Waals surface area (Å²) in [6.45, 7) is 0.234. The molecule has 0 fully saturated rings. The first-order valence-electron chi connectivity index (χ1n) is 8.69. The lowest BCUT2D eigenvalue weighted by Crippen LogP contribution is -2.03. The van der Waals surface area contributed by atoms with E-state index >= 15 is 0 Å². The molecule has 6 heteroatoms. The van der Waals surface area contributed by atoms with Crippen LogP contribution in [0.5, 0.6) is 5.75 Å². The molecule has 6 nitrogen and oxygen atoms in total. The largest absolute Gasteiger partial charge is 0.489 e. The third-order valence-corrected chi connectivity index (χ3v) is 4.43. The number of fused-ring (bicyclic) bond motifs is 1. The Morgan fingerprint density at radius 2 is 1.79 bits per heavy atom. The van der Waals surface area contributed by atoms with E-state index in [4.69, 9.17) is 4.74 Å². The quantitative estimate of drug-likeness (QED) is 0.401. The van der Waals surface area contributed by atoms with E-state index in [1.165, 1.54) is 12.1 Å². The molecule has 0 aromatic heterocycles. The van der Waals surface area contributed by atoms with Crippen molar-refractivity contribution in [1.82, 2.24) is 0 Å². The zero-order valence-corrected chi connectivity index (χ0v) is 14.8. The van der Waals surface area contributed by atoms with Gasteiger partial charge in [0.25, 0.3) is 11.6 Å². The number of ether oxygens (including phenoxy) is 1. The van der Waals surface area contributed by atoms with Crippen LogP contribution in [0.2, 0.25) is 0 Å². The number of hydrogen-bond acceptors (Lipinski definition) is 4. The van der Waals surface area contributed by atoms with Crippen molar-refractivity contribution in [2.24, 2.45) is 0 Å². The lowest BCUT2D eigenvalue weighted by atomic mass is 10.0. The number of benzene rings is 3. The van der Waals surface area contributed by atoms with E-state index in [2.05, 4.69) is 5.32 Å². The molecule has 3 aromatic rings. The van der Waals surface area contributed by atoms with Gasteiger partial charge in [-0.15, -0.1) is 0 Å². The number of amides is 1. The number of nitro benzene ring substituents is 1. The van der Waals surface area contributed by atoms with E-state index < -0.39 is 4.92 Å². The molecule has 138 valence electrons. The molecule has 28 heavy (non-hydrogen) atoms. The van der Waals surface area contributed by atoms with E-state index in [-0.39, 0.29) is 18.2 Å². The Morgan fingerprint density at radius 3 is 2.57 bits per heavy atom. The van der Waals surface area contributed by atoms with Gasteiger partial charge >= 0.3 is 0 Å². The van der Waals surface area contributed by atoms with E-state index in [9.17, 15) is 14.9 Å². The molecule has 0 unspecified atom stereocenters. The second-order valence-electron chi connectivity index (χ2n) is 6.34. The smallest absolute Gasteiger partial charge is 0.269 e. The molecule has 3 aromatic carbocycles. The summed E-state index contributed by atoms with van der Waals surface area (Å²) >= 11 is 0. The average Bonchev–Trinajstić information content (AvgIpc) is 3.03. The molecule has 0 saturated carbocycles. The van der Waals surface area contributed by atoms with Gasteiger partial charge in [-0.25, -0.2) is 0 Å². The highest BCUT2D eigenvalue weighted by Crippen LogP contribution is 2.32. The number of para-hydroxylation sites is 1. The Balaban J connectivity index is 1.47. The molecule has 0 atom stereocenters. The number of hydrogen-bond donors (Lipinski definition) is 1. The van der Waals surface area contributed by atoms with Crippen LogP contribution in [-0.2, 0) is 11.4 Å². The Kier molecular flexibility index (Phi) is 4.60. The number of rotatable bonds is 5. The Hall–Kier alpha value is -3.93. The number of carbonyl (C=O) groups is 1. The van der Waals surface area contributed by atoms with Crippen LogP contribution in [0.1, 0.15) is 16.7 Å². The van der Waals surface area contributed by atoms with Crippen molar-refractivity contribution in [1.29, 1.82) is 0 Å². The third-order valence-electron chi connectivity index (χ3n) is 4.43. The molecule has 1 aliphatic heterocycles. The van der Waals surface area contributed by atoms with Crippen molar-refractivity contribution in [2.75, 3.05) is 5.32 Å². The summed E-state index contributed by atoms with van der Waals surface area (Å²) in [7, 11) is 0. The third kappa shape index (κ3) is 3.61. The Labute approximate surface area is 161 Å². The Bertz CT molecular complexity index is 1090. The van der Waals surface area contributed by atoms with E-state index in [1.807, 2.05) is 54.6 Å². The summed E-state index contributed by atoms with van der Waals surface area (Å²) in [5.74, 6) is 0.525. The van der Waals surface area contributed by atoms with Crippen molar-refractivity contribution in [2.45, 2.75) is 6.61 Å². The van der Waals surface area contributed by atoms with E-state index in [0.717, 1.165) is 22.4 Å². The van der Waals surface area contributed by atoms with Gasteiger partial charge in [0.15, 0.2) is 0 Å². The molecule has 0 aliphatic carbocycles. The molecule has 1 amide bonds. The molecule has 4 rings (SSSR count). The van der Waals surface area contributed by atoms with Crippen LogP contribution in [-0.4, -0.2) is 10.8 Å². The first-order chi connectivity index (χ1) is 13.6. The average molecular weight is 372 g/mol. The van der Waals surface area contributed by atoms with Crippen LogP contribution in [0.4, 0.5) is 11.4 Å². The maximum absolute atomic E-state index is 12.2. The number of anilines is 1. The molecule has 1 heterocycles. The summed E-state index contributed by atoms with van der Waals surface area (Å²) in [5, 5.41) is 13.7. The highest BCUT2D eigenvalue weighted by Gasteiger charge is 2.23. The number of nitrogens with one attached hydrogen (secondary N) is 1. The normalized spacial score (nSPS) is 13.9. The maximum atomic E-state index is 12.2. The fourth-order valence-corrected chi connectivity index (χ4v) is 3.04. The number of non-ortho nitro benzene ring substituents is 1. The lowest BCUT2D eigenvalue weighted by Gasteiger charge is -2.07. The maximum Gasteiger partial charge on any atom is 0.269 e. The van der Waals surface area contributed by atoms with Gasteiger partial charge in [0.05, 0.1) is 4.92 Å². The highest BCUT2D eigenvalue weighted by atomic mass is 16.6. The van der Waals surface area contributed by atoms with Gasteiger partial charge in [-0.3, -0.25) is 14.9 Å². The SMILES string of the molecule is O=C1Nc2ccccc2/C1=C/c1ccc(OCc2cccc([N+](=O)[O-])c2)cc1. The van der Waals surface area contributed by atoms with E-state index in [1.54, 1.807) is 12.1 Å². The molecular formula is C22H16N2O4. The van der Waals surface area contributed by atoms with Crippen LogP contribution in [0, 0.1) is 10.1 Å². The van der Waals surface area contributed by atoms with E-state index in [0.29, 0.717) is 11.3 Å². The summed E-state index contributed by atoms with van der Waals surface area (Å²) in [5.41, 5.74) is 3.97. The van der Waals surface area contributed by atoms with Gasteiger partial charge in [0.1, 0.15) is 12.4 Å².